The fraction of sp³-hybridized carbons (Fsp3) is 0.667. The summed E-state index contributed by atoms with van der Waals surface area (Å²) in [6.45, 7) is 7.36. The number of likely N-dealkylation sites (tertiary alicyclic amines) is 1. The molecule has 2 saturated heterocycles. The first kappa shape index (κ1) is 13.3. The van der Waals surface area contributed by atoms with Gasteiger partial charge in [-0.05, 0) is 39.2 Å². The Hall–Kier alpha value is -1.65. The van der Waals surface area contributed by atoms with Crippen LogP contribution in [-0.2, 0) is 4.79 Å². The predicted molar refractivity (Wildman–Crippen MR) is 77.6 cm³/mol. The van der Waals surface area contributed by atoms with E-state index in [0.29, 0.717) is 5.91 Å². The number of aryl methyl sites for hydroxylation is 2. The largest absolute Gasteiger partial charge is 0.342 e. The molecule has 0 aliphatic carbocycles. The molecule has 0 aromatic carbocycles. The van der Waals surface area contributed by atoms with Crippen LogP contribution in [0.2, 0.25) is 0 Å². The summed E-state index contributed by atoms with van der Waals surface area (Å²) in [7, 11) is 0. The van der Waals surface area contributed by atoms with E-state index in [-0.39, 0.29) is 5.92 Å². The van der Waals surface area contributed by atoms with Crippen molar-refractivity contribution in [1.29, 1.82) is 0 Å². The van der Waals surface area contributed by atoms with Gasteiger partial charge in [0.25, 0.3) is 0 Å². The van der Waals surface area contributed by atoms with Crippen molar-refractivity contribution in [2.45, 2.75) is 33.1 Å². The predicted octanol–water partition coefficient (Wildman–Crippen LogP) is 1.54. The Morgan fingerprint density at radius 2 is 1.70 bits per heavy atom. The Balaban J connectivity index is 1.59. The third kappa shape index (κ3) is 2.62. The molecule has 108 valence electrons. The normalized spacial score (nSPS) is 19.9. The summed E-state index contributed by atoms with van der Waals surface area (Å²) in [6.07, 6.45) is 3.57. The van der Waals surface area contributed by atoms with Crippen molar-refractivity contribution >= 4 is 11.9 Å². The Bertz CT molecular complexity index is 484. The van der Waals surface area contributed by atoms with Gasteiger partial charge in [0.1, 0.15) is 0 Å². The number of rotatable bonds is 2. The van der Waals surface area contributed by atoms with Crippen molar-refractivity contribution in [2.75, 3.05) is 31.1 Å². The Morgan fingerprint density at radius 1 is 1.10 bits per heavy atom. The van der Waals surface area contributed by atoms with Gasteiger partial charge >= 0.3 is 0 Å². The molecule has 2 aliphatic rings. The van der Waals surface area contributed by atoms with Gasteiger partial charge in [0, 0.05) is 37.6 Å². The quantitative estimate of drug-likeness (QED) is 0.821. The molecule has 0 saturated carbocycles. The molecule has 0 unspecified atom stereocenters. The summed E-state index contributed by atoms with van der Waals surface area (Å²) >= 11 is 0. The van der Waals surface area contributed by atoms with Gasteiger partial charge in [-0.2, -0.15) is 0 Å². The molecule has 0 radical (unpaired) electrons. The highest BCUT2D eigenvalue weighted by atomic mass is 16.2. The number of anilines is 1. The van der Waals surface area contributed by atoms with E-state index in [4.69, 9.17) is 0 Å². The number of hydrogen-bond acceptors (Lipinski definition) is 4. The van der Waals surface area contributed by atoms with E-state index < -0.39 is 0 Å². The average Bonchev–Trinajstić information content (AvgIpc) is 2.36. The van der Waals surface area contributed by atoms with E-state index in [2.05, 4.69) is 14.9 Å². The zero-order valence-electron chi connectivity index (χ0n) is 12.3. The molecule has 0 spiro atoms. The zero-order chi connectivity index (χ0) is 14.1. The number of hydrogen-bond donors (Lipinski definition) is 0. The summed E-state index contributed by atoms with van der Waals surface area (Å²) in [6, 6.07) is 1.97. The number of carbonyl (C=O) groups excluding carboxylic acids is 1. The maximum Gasteiger partial charge on any atom is 0.229 e. The molecule has 5 nitrogen and oxygen atoms in total. The van der Waals surface area contributed by atoms with E-state index in [9.17, 15) is 4.79 Å². The maximum absolute atomic E-state index is 12.3. The van der Waals surface area contributed by atoms with Crippen molar-refractivity contribution < 1.29 is 4.79 Å². The highest BCUT2D eigenvalue weighted by Gasteiger charge is 2.36. The van der Waals surface area contributed by atoms with E-state index in [0.717, 1.165) is 56.4 Å². The molecule has 2 aliphatic heterocycles. The molecule has 2 fully saturated rings. The lowest BCUT2D eigenvalue weighted by Crippen LogP contribution is -2.55. The average molecular weight is 274 g/mol. The van der Waals surface area contributed by atoms with Crippen LogP contribution in [0.25, 0.3) is 0 Å². The van der Waals surface area contributed by atoms with E-state index in [1.165, 1.54) is 6.42 Å². The van der Waals surface area contributed by atoms with Crippen LogP contribution >= 0.6 is 0 Å². The van der Waals surface area contributed by atoms with Crippen molar-refractivity contribution in [3.63, 3.8) is 0 Å². The van der Waals surface area contributed by atoms with Crippen LogP contribution in [0.15, 0.2) is 6.07 Å². The topological polar surface area (TPSA) is 49.3 Å². The second-order valence-corrected chi connectivity index (χ2v) is 5.94. The molecule has 0 atom stereocenters. The van der Waals surface area contributed by atoms with Crippen LogP contribution in [0, 0.1) is 19.8 Å². The summed E-state index contributed by atoms with van der Waals surface area (Å²) < 4.78 is 0. The lowest BCUT2D eigenvalue weighted by Gasteiger charge is -2.41. The first-order chi connectivity index (χ1) is 9.63. The minimum Gasteiger partial charge on any atom is -0.342 e. The molecule has 1 amide bonds. The van der Waals surface area contributed by atoms with Gasteiger partial charge < -0.3 is 9.80 Å². The molecule has 5 heteroatoms. The Labute approximate surface area is 120 Å². The number of amides is 1. The van der Waals surface area contributed by atoms with E-state index in [1.54, 1.807) is 0 Å². The third-order valence-corrected chi connectivity index (χ3v) is 4.15. The molecule has 20 heavy (non-hydrogen) atoms. The molecule has 0 bridgehead atoms. The summed E-state index contributed by atoms with van der Waals surface area (Å²) in [5, 5.41) is 0. The summed E-state index contributed by atoms with van der Waals surface area (Å²) in [5.74, 6) is 1.23. The fourth-order valence-electron chi connectivity index (χ4n) is 3.02. The monoisotopic (exact) mass is 274 g/mol. The molecular formula is C15H22N4O. The van der Waals surface area contributed by atoms with Gasteiger partial charge in [-0.3, -0.25) is 4.79 Å². The second kappa shape index (κ2) is 5.38. The van der Waals surface area contributed by atoms with Crippen molar-refractivity contribution in [2.24, 2.45) is 5.92 Å². The number of piperidine rings is 1. The van der Waals surface area contributed by atoms with E-state index in [1.807, 2.05) is 24.8 Å². The van der Waals surface area contributed by atoms with Gasteiger partial charge in [-0.15, -0.1) is 0 Å². The SMILES string of the molecule is Cc1cc(C)nc(N2CC(C(=O)N3CCCCC3)C2)n1. The van der Waals surface area contributed by atoms with Gasteiger partial charge in [0.2, 0.25) is 11.9 Å². The van der Waals surface area contributed by atoms with Gasteiger partial charge in [-0.25, -0.2) is 9.97 Å². The molecule has 1 aromatic heterocycles. The minimum absolute atomic E-state index is 0.137. The van der Waals surface area contributed by atoms with Crippen molar-refractivity contribution in [3.05, 3.63) is 17.5 Å². The summed E-state index contributed by atoms with van der Waals surface area (Å²) in [5.41, 5.74) is 1.97. The lowest BCUT2D eigenvalue weighted by molar-refractivity contribution is -0.137. The van der Waals surface area contributed by atoms with Crippen LogP contribution < -0.4 is 4.90 Å². The van der Waals surface area contributed by atoms with E-state index >= 15 is 0 Å². The highest BCUT2D eigenvalue weighted by Crippen LogP contribution is 2.24. The Morgan fingerprint density at radius 3 is 2.30 bits per heavy atom. The second-order valence-electron chi connectivity index (χ2n) is 5.94. The summed E-state index contributed by atoms with van der Waals surface area (Å²) in [4.78, 5) is 25.4. The number of aromatic nitrogens is 2. The lowest BCUT2D eigenvalue weighted by atomic mass is 9.97. The van der Waals surface area contributed by atoms with Crippen LogP contribution in [0.1, 0.15) is 30.7 Å². The van der Waals surface area contributed by atoms with Crippen LogP contribution in [0.5, 0.6) is 0 Å². The van der Waals surface area contributed by atoms with Gasteiger partial charge in [0.15, 0.2) is 0 Å². The third-order valence-electron chi connectivity index (χ3n) is 4.15. The van der Waals surface area contributed by atoms with Gasteiger partial charge in [0.05, 0.1) is 5.92 Å². The van der Waals surface area contributed by atoms with Crippen molar-refractivity contribution in [3.8, 4) is 0 Å². The standard InChI is InChI=1S/C15H22N4O/c1-11-8-12(2)17-15(16-11)19-9-13(10-19)14(20)18-6-4-3-5-7-18/h8,13H,3-7,9-10H2,1-2H3. The van der Waals surface area contributed by atoms with Crippen molar-refractivity contribution in [1.82, 2.24) is 14.9 Å². The van der Waals surface area contributed by atoms with Gasteiger partial charge in [-0.1, -0.05) is 0 Å². The molecular weight excluding hydrogens is 252 g/mol. The Kier molecular flexibility index (Phi) is 3.59. The zero-order valence-corrected chi connectivity index (χ0v) is 12.3. The molecule has 1 aromatic rings. The minimum atomic E-state index is 0.137. The first-order valence-electron chi connectivity index (χ1n) is 7.49. The maximum atomic E-state index is 12.3. The molecule has 0 N–H and O–H groups in total. The highest BCUT2D eigenvalue weighted by molar-refractivity contribution is 5.81. The van der Waals surface area contributed by atoms with Crippen LogP contribution in [-0.4, -0.2) is 47.0 Å². The molecule has 3 rings (SSSR count). The smallest absolute Gasteiger partial charge is 0.229 e. The van der Waals surface area contributed by atoms with Crippen LogP contribution in [0.3, 0.4) is 0 Å². The first-order valence-corrected chi connectivity index (χ1v) is 7.49. The molecule has 3 heterocycles. The number of nitrogens with zero attached hydrogens (tertiary/aromatic N) is 4. The van der Waals surface area contributed by atoms with Crippen LogP contribution in [0.4, 0.5) is 5.95 Å². The fourth-order valence-corrected chi connectivity index (χ4v) is 3.02. The number of carbonyl (C=O) groups is 1.